The predicted octanol–water partition coefficient (Wildman–Crippen LogP) is 2.69. The Morgan fingerprint density at radius 1 is 1.12 bits per heavy atom. The SMILES string of the molecule is COc1ccc(OC)c([C@@H](C)NC(=O)c2ccccc2NCC(=O)O)c1. The van der Waals surface area contributed by atoms with Gasteiger partial charge in [0.2, 0.25) is 0 Å². The highest BCUT2D eigenvalue weighted by Gasteiger charge is 2.18. The van der Waals surface area contributed by atoms with E-state index in [1.807, 2.05) is 6.92 Å². The average Bonchev–Trinajstić information content (AvgIpc) is 2.65. The zero-order valence-corrected chi connectivity index (χ0v) is 14.9. The Balaban J connectivity index is 2.21. The molecule has 0 spiro atoms. The van der Waals surface area contributed by atoms with Crippen LogP contribution in [0.3, 0.4) is 0 Å². The number of anilines is 1. The molecule has 7 nitrogen and oxygen atoms in total. The molecule has 0 bridgehead atoms. The summed E-state index contributed by atoms with van der Waals surface area (Å²) < 4.78 is 10.6. The third-order valence-electron chi connectivity index (χ3n) is 3.85. The first-order chi connectivity index (χ1) is 12.5. The van der Waals surface area contributed by atoms with E-state index in [1.165, 1.54) is 0 Å². The van der Waals surface area contributed by atoms with E-state index in [1.54, 1.807) is 56.7 Å². The summed E-state index contributed by atoms with van der Waals surface area (Å²) in [4.78, 5) is 23.4. The maximum atomic E-state index is 12.7. The number of ether oxygens (including phenoxy) is 2. The van der Waals surface area contributed by atoms with Gasteiger partial charge >= 0.3 is 5.97 Å². The summed E-state index contributed by atoms with van der Waals surface area (Å²) in [5.41, 5.74) is 1.59. The molecule has 0 unspecified atom stereocenters. The van der Waals surface area contributed by atoms with Crippen LogP contribution in [0.25, 0.3) is 0 Å². The average molecular weight is 358 g/mol. The van der Waals surface area contributed by atoms with E-state index >= 15 is 0 Å². The molecular formula is C19H22N2O5. The van der Waals surface area contributed by atoms with Gasteiger partial charge in [0.05, 0.1) is 25.8 Å². The molecule has 7 heteroatoms. The molecule has 1 amide bonds. The van der Waals surface area contributed by atoms with E-state index < -0.39 is 5.97 Å². The van der Waals surface area contributed by atoms with Crippen LogP contribution in [-0.2, 0) is 4.79 Å². The third kappa shape index (κ3) is 4.66. The molecule has 0 radical (unpaired) electrons. The maximum absolute atomic E-state index is 12.7. The van der Waals surface area contributed by atoms with E-state index in [0.717, 1.165) is 5.56 Å². The predicted molar refractivity (Wildman–Crippen MR) is 98.0 cm³/mol. The highest BCUT2D eigenvalue weighted by atomic mass is 16.5. The van der Waals surface area contributed by atoms with Crippen LogP contribution in [0.1, 0.15) is 28.9 Å². The summed E-state index contributed by atoms with van der Waals surface area (Å²) in [6, 6.07) is 11.8. The molecule has 26 heavy (non-hydrogen) atoms. The Labute approximate surface area is 151 Å². The summed E-state index contributed by atoms with van der Waals surface area (Å²) in [6.07, 6.45) is 0. The summed E-state index contributed by atoms with van der Waals surface area (Å²) in [5, 5.41) is 14.5. The molecule has 0 saturated carbocycles. The van der Waals surface area contributed by atoms with Crippen LogP contribution in [0, 0.1) is 0 Å². The van der Waals surface area contributed by atoms with Crippen LogP contribution in [0.2, 0.25) is 0 Å². The number of methoxy groups -OCH3 is 2. The number of carbonyl (C=O) groups excluding carboxylic acids is 1. The Kier molecular flexibility index (Phi) is 6.43. The van der Waals surface area contributed by atoms with E-state index in [2.05, 4.69) is 10.6 Å². The number of nitrogens with one attached hydrogen (secondary N) is 2. The lowest BCUT2D eigenvalue weighted by Gasteiger charge is -2.19. The molecule has 0 aliphatic carbocycles. The van der Waals surface area contributed by atoms with Gasteiger partial charge in [-0.15, -0.1) is 0 Å². The second-order valence-electron chi connectivity index (χ2n) is 5.60. The number of hydrogen-bond acceptors (Lipinski definition) is 5. The lowest BCUT2D eigenvalue weighted by atomic mass is 10.1. The molecule has 138 valence electrons. The van der Waals surface area contributed by atoms with E-state index in [0.29, 0.717) is 22.7 Å². The zero-order chi connectivity index (χ0) is 19.1. The number of carboxylic acids is 1. The van der Waals surface area contributed by atoms with Crippen LogP contribution in [0.4, 0.5) is 5.69 Å². The Morgan fingerprint density at radius 2 is 1.85 bits per heavy atom. The lowest BCUT2D eigenvalue weighted by molar-refractivity contribution is -0.134. The minimum atomic E-state index is -1.00. The molecule has 0 heterocycles. The molecule has 2 aromatic rings. The Morgan fingerprint density at radius 3 is 2.50 bits per heavy atom. The van der Waals surface area contributed by atoms with Crippen molar-refractivity contribution in [1.29, 1.82) is 0 Å². The van der Waals surface area contributed by atoms with Crippen LogP contribution >= 0.6 is 0 Å². The van der Waals surface area contributed by atoms with Gasteiger partial charge in [-0.25, -0.2) is 0 Å². The minimum absolute atomic E-state index is 0.274. The zero-order valence-electron chi connectivity index (χ0n) is 14.9. The molecule has 0 aliphatic heterocycles. The van der Waals surface area contributed by atoms with Gasteiger partial charge in [0, 0.05) is 11.3 Å². The molecule has 0 saturated heterocycles. The van der Waals surface area contributed by atoms with Crippen molar-refractivity contribution in [3.8, 4) is 11.5 Å². The van der Waals surface area contributed by atoms with E-state index in [4.69, 9.17) is 14.6 Å². The molecule has 0 fully saturated rings. The fourth-order valence-corrected chi connectivity index (χ4v) is 2.54. The topological polar surface area (TPSA) is 96.9 Å². The molecule has 1 atom stereocenters. The number of carbonyl (C=O) groups is 2. The Bertz CT molecular complexity index is 791. The van der Waals surface area contributed by atoms with Crippen LogP contribution in [0.15, 0.2) is 42.5 Å². The first kappa shape index (κ1) is 19.1. The summed E-state index contributed by atoms with van der Waals surface area (Å²) in [7, 11) is 3.13. The molecular weight excluding hydrogens is 336 g/mol. The quantitative estimate of drug-likeness (QED) is 0.671. The van der Waals surface area contributed by atoms with Crippen molar-refractivity contribution in [3.63, 3.8) is 0 Å². The molecule has 3 N–H and O–H groups in total. The Hall–Kier alpha value is -3.22. The van der Waals surface area contributed by atoms with Gasteiger partial charge in [-0.05, 0) is 37.3 Å². The van der Waals surface area contributed by atoms with Gasteiger partial charge in [0.15, 0.2) is 0 Å². The van der Waals surface area contributed by atoms with Gasteiger partial charge in [0.25, 0.3) is 5.91 Å². The van der Waals surface area contributed by atoms with Crippen molar-refractivity contribution in [2.24, 2.45) is 0 Å². The van der Waals surface area contributed by atoms with Crippen molar-refractivity contribution < 1.29 is 24.2 Å². The normalized spacial score (nSPS) is 11.3. The van der Waals surface area contributed by atoms with Crippen molar-refractivity contribution in [3.05, 3.63) is 53.6 Å². The van der Waals surface area contributed by atoms with Gasteiger partial charge in [0.1, 0.15) is 18.0 Å². The maximum Gasteiger partial charge on any atom is 0.322 e. The van der Waals surface area contributed by atoms with Crippen LogP contribution in [0.5, 0.6) is 11.5 Å². The second-order valence-corrected chi connectivity index (χ2v) is 5.60. The van der Waals surface area contributed by atoms with Gasteiger partial charge in [-0.2, -0.15) is 0 Å². The number of rotatable bonds is 8. The van der Waals surface area contributed by atoms with Crippen LogP contribution in [-0.4, -0.2) is 37.7 Å². The standard InChI is InChI=1S/C19H22N2O5/c1-12(15-10-13(25-2)8-9-17(15)26-3)21-19(24)14-6-4-5-7-16(14)20-11-18(22)23/h4-10,12,20H,11H2,1-3H3,(H,21,24)(H,22,23)/t12-/m1/s1. The molecule has 2 aromatic carbocycles. The number of aliphatic carboxylic acids is 1. The second kappa shape index (κ2) is 8.75. The number of carboxylic acid groups (broad SMARTS) is 1. The number of hydrogen-bond donors (Lipinski definition) is 3. The summed E-state index contributed by atoms with van der Waals surface area (Å²) in [6.45, 7) is 1.56. The summed E-state index contributed by atoms with van der Waals surface area (Å²) in [5.74, 6) is -0.0353. The molecule has 2 rings (SSSR count). The van der Waals surface area contributed by atoms with Gasteiger partial charge in [-0.3, -0.25) is 9.59 Å². The van der Waals surface area contributed by atoms with Crippen LogP contribution < -0.4 is 20.1 Å². The van der Waals surface area contributed by atoms with Crippen molar-refractivity contribution in [2.45, 2.75) is 13.0 Å². The first-order valence-corrected chi connectivity index (χ1v) is 8.03. The minimum Gasteiger partial charge on any atom is -0.497 e. The van der Waals surface area contributed by atoms with Crippen molar-refractivity contribution in [1.82, 2.24) is 5.32 Å². The van der Waals surface area contributed by atoms with Gasteiger partial charge in [-0.1, -0.05) is 12.1 Å². The molecule has 0 aromatic heterocycles. The highest BCUT2D eigenvalue weighted by molar-refractivity contribution is 6.00. The summed E-state index contributed by atoms with van der Waals surface area (Å²) >= 11 is 0. The smallest absolute Gasteiger partial charge is 0.322 e. The monoisotopic (exact) mass is 358 g/mol. The van der Waals surface area contributed by atoms with Gasteiger partial charge < -0.3 is 25.2 Å². The highest BCUT2D eigenvalue weighted by Crippen LogP contribution is 2.29. The largest absolute Gasteiger partial charge is 0.497 e. The number of para-hydroxylation sites is 1. The number of benzene rings is 2. The number of amides is 1. The van der Waals surface area contributed by atoms with Crippen molar-refractivity contribution in [2.75, 3.05) is 26.1 Å². The fraction of sp³-hybridized carbons (Fsp3) is 0.263. The van der Waals surface area contributed by atoms with Crippen molar-refractivity contribution >= 4 is 17.6 Å². The molecule has 0 aliphatic rings. The van der Waals surface area contributed by atoms with E-state index in [9.17, 15) is 9.59 Å². The first-order valence-electron chi connectivity index (χ1n) is 8.03. The fourth-order valence-electron chi connectivity index (χ4n) is 2.54. The third-order valence-corrected chi connectivity index (χ3v) is 3.85. The lowest BCUT2D eigenvalue weighted by Crippen LogP contribution is -2.28. The van der Waals surface area contributed by atoms with E-state index in [-0.39, 0.29) is 18.5 Å².